The number of likely N-dealkylation sites (N-methyl/N-ethyl adjacent to an activating group) is 1. The third-order valence-corrected chi connectivity index (χ3v) is 4.03. The lowest BCUT2D eigenvalue weighted by Gasteiger charge is -2.15. The van der Waals surface area contributed by atoms with Crippen molar-refractivity contribution in [2.24, 2.45) is 0 Å². The van der Waals surface area contributed by atoms with Crippen molar-refractivity contribution in [1.29, 1.82) is 0 Å². The van der Waals surface area contributed by atoms with Gasteiger partial charge in [0.15, 0.2) is 11.5 Å². The van der Waals surface area contributed by atoms with E-state index in [9.17, 15) is 4.79 Å². The first-order chi connectivity index (χ1) is 12.5. The lowest BCUT2D eigenvalue weighted by atomic mass is 10.1. The number of nitrogens with zero attached hydrogens (tertiary/aromatic N) is 1. The highest BCUT2D eigenvalue weighted by molar-refractivity contribution is 6.30. The van der Waals surface area contributed by atoms with E-state index in [4.69, 9.17) is 21.1 Å². The van der Waals surface area contributed by atoms with Crippen molar-refractivity contribution < 1.29 is 14.3 Å². The molecule has 2 aromatic carbocycles. The van der Waals surface area contributed by atoms with Crippen LogP contribution in [0, 0.1) is 0 Å². The van der Waals surface area contributed by atoms with Gasteiger partial charge in [0.05, 0.1) is 13.7 Å². The highest BCUT2D eigenvalue weighted by atomic mass is 35.5. The molecule has 138 valence electrons. The molecule has 0 saturated heterocycles. The summed E-state index contributed by atoms with van der Waals surface area (Å²) in [5, 5.41) is 0.683. The molecule has 2 aromatic rings. The van der Waals surface area contributed by atoms with Crippen LogP contribution in [0.2, 0.25) is 5.02 Å². The fraction of sp³-hybridized carbons (Fsp3) is 0.286. The summed E-state index contributed by atoms with van der Waals surface area (Å²) in [6.07, 6.45) is 4.25. The van der Waals surface area contributed by atoms with Crippen LogP contribution >= 0.6 is 11.6 Å². The van der Waals surface area contributed by atoms with E-state index >= 15 is 0 Å². The number of rotatable bonds is 8. The summed E-state index contributed by atoms with van der Waals surface area (Å²) in [4.78, 5) is 14.0. The van der Waals surface area contributed by atoms with Gasteiger partial charge in [-0.3, -0.25) is 4.79 Å². The smallest absolute Gasteiger partial charge is 0.246 e. The Bertz CT molecular complexity index is 756. The van der Waals surface area contributed by atoms with Crippen LogP contribution in [0.1, 0.15) is 24.5 Å². The molecule has 0 atom stereocenters. The normalized spacial score (nSPS) is 10.8. The SMILES string of the molecule is CCCOc1ccc(/C=C/C(=O)N(C)Cc2ccc(Cl)cc2)cc1OC. The predicted molar refractivity (Wildman–Crippen MR) is 106 cm³/mol. The van der Waals surface area contributed by atoms with Crippen LogP contribution < -0.4 is 9.47 Å². The van der Waals surface area contributed by atoms with Gasteiger partial charge < -0.3 is 14.4 Å². The van der Waals surface area contributed by atoms with Gasteiger partial charge in [0.25, 0.3) is 0 Å². The third kappa shape index (κ3) is 5.81. The zero-order chi connectivity index (χ0) is 18.9. The lowest BCUT2D eigenvalue weighted by molar-refractivity contribution is -0.125. The van der Waals surface area contributed by atoms with E-state index in [0.717, 1.165) is 17.5 Å². The quantitative estimate of drug-likeness (QED) is 0.623. The predicted octanol–water partition coefficient (Wildman–Crippen LogP) is 4.81. The molecule has 5 heteroatoms. The molecule has 4 nitrogen and oxygen atoms in total. The molecule has 0 unspecified atom stereocenters. The van der Waals surface area contributed by atoms with E-state index in [1.54, 1.807) is 31.2 Å². The number of ether oxygens (including phenoxy) is 2. The number of amides is 1. The average Bonchev–Trinajstić information content (AvgIpc) is 2.66. The topological polar surface area (TPSA) is 38.8 Å². The highest BCUT2D eigenvalue weighted by Crippen LogP contribution is 2.28. The largest absolute Gasteiger partial charge is 0.493 e. The van der Waals surface area contributed by atoms with Crippen molar-refractivity contribution in [1.82, 2.24) is 4.90 Å². The van der Waals surface area contributed by atoms with E-state index in [1.807, 2.05) is 42.5 Å². The maximum Gasteiger partial charge on any atom is 0.246 e. The first kappa shape index (κ1) is 19.9. The van der Waals surface area contributed by atoms with Gasteiger partial charge in [-0.05, 0) is 47.9 Å². The fourth-order valence-electron chi connectivity index (χ4n) is 2.36. The standard InChI is InChI=1S/C21H24ClNO3/c1-4-13-26-19-11-7-16(14-20(19)25-3)8-12-21(24)23(2)15-17-5-9-18(22)10-6-17/h5-12,14H,4,13,15H2,1-3H3/b12-8+. The zero-order valence-electron chi connectivity index (χ0n) is 15.4. The maximum atomic E-state index is 12.3. The van der Waals surface area contributed by atoms with Crippen LogP contribution in [0.3, 0.4) is 0 Å². The van der Waals surface area contributed by atoms with E-state index < -0.39 is 0 Å². The Morgan fingerprint density at radius 3 is 2.54 bits per heavy atom. The summed E-state index contributed by atoms with van der Waals surface area (Å²) in [6.45, 7) is 3.21. The lowest BCUT2D eigenvalue weighted by Crippen LogP contribution is -2.24. The molecule has 0 aliphatic heterocycles. The molecule has 0 fully saturated rings. The number of carbonyl (C=O) groups is 1. The molecule has 0 aromatic heterocycles. The first-order valence-electron chi connectivity index (χ1n) is 8.52. The minimum Gasteiger partial charge on any atom is -0.493 e. The Balaban J connectivity index is 2.01. The van der Waals surface area contributed by atoms with Crippen LogP contribution in [0.15, 0.2) is 48.5 Å². The first-order valence-corrected chi connectivity index (χ1v) is 8.89. The Hall–Kier alpha value is -2.46. The van der Waals surface area contributed by atoms with Gasteiger partial charge >= 0.3 is 0 Å². The Labute approximate surface area is 160 Å². The fourth-order valence-corrected chi connectivity index (χ4v) is 2.48. The minimum atomic E-state index is -0.0785. The molecular weight excluding hydrogens is 350 g/mol. The zero-order valence-corrected chi connectivity index (χ0v) is 16.1. The second-order valence-corrected chi connectivity index (χ2v) is 6.35. The summed E-state index contributed by atoms with van der Waals surface area (Å²) in [6, 6.07) is 13.1. The van der Waals surface area contributed by atoms with Gasteiger partial charge in [-0.2, -0.15) is 0 Å². The van der Waals surface area contributed by atoms with Crippen molar-refractivity contribution in [3.05, 3.63) is 64.7 Å². The second-order valence-electron chi connectivity index (χ2n) is 5.91. The molecular formula is C21H24ClNO3. The van der Waals surface area contributed by atoms with Crippen LogP contribution in [-0.2, 0) is 11.3 Å². The van der Waals surface area contributed by atoms with E-state index in [-0.39, 0.29) is 5.91 Å². The summed E-state index contributed by atoms with van der Waals surface area (Å²) in [7, 11) is 3.37. The third-order valence-electron chi connectivity index (χ3n) is 3.78. The Morgan fingerprint density at radius 1 is 1.15 bits per heavy atom. The number of hydrogen-bond donors (Lipinski definition) is 0. The number of methoxy groups -OCH3 is 1. The van der Waals surface area contributed by atoms with Crippen molar-refractivity contribution in [2.45, 2.75) is 19.9 Å². The molecule has 0 heterocycles. The summed E-state index contributed by atoms with van der Waals surface area (Å²) < 4.78 is 11.0. The molecule has 0 aliphatic rings. The average molecular weight is 374 g/mol. The summed E-state index contributed by atoms with van der Waals surface area (Å²) in [5.74, 6) is 1.28. The molecule has 0 N–H and O–H groups in total. The summed E-state index contributed by atoms with van der Waals surface area (Å²) in [5.41, 5.74) is 1.90. The van der Waals surface area contributed by atoms with Crippen molar-refractivity contribution in [3.63, 3.8) is 0 Å². The van der Waals surface area contributed by atoms with Gasteiger partial charge in [0.2, 0.25) is 5.91 Å². The van der Waals surface area contributed by atoms with Crippen molar-refractivity contribution in [3.8, 4) is 11.5 Å². The van der Waals surface area contributed by atoms with Crippen molar-refractivity contribution in [2.75, 3.05) is 20.8 Å². The number of benzene rings is 2. The monoisotopic (exact) mass is 373 g/mol. The molecule has 0 radical (unpaired) electrons. The van der Waals surface area contributed by atoms with Crippen LogP contribution in [0.4, 0.5) is 0 Å². The van der Waals surface area contributed by atoms with Crippen LogP contribution in [-0.4, -0.2) is 31.6 Å². The Kier molecular flexibility index (Phi) is 7.54. The van der Waals surface area contributed by atoms with Gasteiger partial charge in [0, 0.05) is 24.7 Å². The molecule has 0 bridgehead atoms. The molecule has 0 saturated carbocycles. The van der Waals surface area contributed by atoms with Crippen LogP contribution in [0.5, 0.6) is 11.5 Å². The molecule has 0 spiro atoms. The highest BCUT2D eigenvalue weighted by Gasteiger charge is 2.07. The van der Waals surface area contributed by atoms with E-state index in [1.165, 1.54) is 0 Å². The van der Waals surface area contributed by atoms with Gasteiger partial charge in [-0.1, -0.05) is 36.7 Å². The molecule has 1 amide bonds. The van der Waals surface area contributed by atoms with Gasteiger partial charge in [-0.25, -0.2) is 0 Å². The van der Waals surface area contributed by atoms with E-state index in [0.29, 0.717) is 29.7 Å². The summed E-state index contributed by atoms with van der Waals surface area (Å²) >= 11 is 5.88. The van der Waals surface area contributed by atoms with Gasteiger partial charge in [-0.15, -0.1) is 0 Å². The van der Waals surface area contributed by atoms with Crippen LogP contribution in [0.25, 0.3) is 6.08 Å². The number of halogens is 1. The number of carbonyl (C=O) groups excluding carboxylic acids is 1. The molecule has 0 aliphatic carbocycles. The Morgan fingerprint density at radius 2 is 1.88 bits per heavy atom. The molecule has 2 rings (SSSR count). The van der Waals surface area contributed by atoms with Crippen molar-refractivity contribution >= 4 is 23.6 Å². The number of hydrogen-bond acceptors (Lipinski definition) is 3. The minimum absolute atomic E-state index is 0.0785. The maximum absolute atomic E-state index is 12.3. The second kappa shape index (κ2) is 9.88. The van der Waals surface area contributed by atoms with Gasteiger partial charge in [0.1, 0.15) is 0 Å². The molecule has 26 heavy (non-hydrogen) atoms. The van der Waals surface area contributed by atoms with E-state index in [2.05, 4.69) is 6.92 Å².